The second-order valence-corrected chi connectivity index (χ2v) is 7.12. The Kier molecular flexibility index (Phi) is 4.35. The summed E-state index contributed by atoms with van der Waals surface area (Å²) in [6.45, 7) is 1.71. The summed E-state index contributed by atoms with van der Waals surface area (Å²) in [6.07, 6.45) is 0. The first kappa shape index (κ1) is 15.5. The van der Waals surface area contributed by atoms with Crippen LogP contribution in [0.5, 0.6) is 0 Å². The predicted molar refractivity (Wildman–Crippen MR) is 80.8 cm³/mol. The van der Waals surface area contributed by atoms with Crippen molar-refractivity contribution in [3.63, 3.8) is 0 Å². The van der Waals surface area contributed by atoms with Crippen LogP contribution in [0.1, 0.15) is 5.69 Å². The van der Waals surface area contributed by atoms with Crippen LogP contribution in [0.3, 0.4) is 0 Å². The zero-order chi connectivity index (χ0) is 15.6. The zero-order valence-corrected chi connectivity index (χ0v) is 13.0. The monoisotopic (exact) mass is 326 g/mol. The summed E-state index contributed by atoms with van der Waals surface area (Å²) in [5, 5.41) is 0.399. The van der Waals surface area contributed by atoms with Crippen LogP contribution < -0.4 is 16.0 Å². The highest BCUT2D eigenvalue weighted by molar-refractivity contribution is 7.99. The van der Waals surface area contributed by atoms with E-state index in [0.717, 1.165) is 11.8 Å². The van der Waals surface area contributed by atoms with Crippen molar-refractivity contribution >= 4 is 27.5 Å². The molecule has 112 valence electrons. The molecular formula is C12H14N4O3S2. The van der Waals surface area contributed by atoms with Gasteiger partial charge >= 0.3 is 0 Å². The van der Waals surface area contributed by atoms with Gasteiger partial charge in [-0.3, -0.25) is 4.79 Å². The number of hydrogen-bond acceptors (Lipinski definition) is 6. The van der Waals surface area contributed by atoms with E-state index in [1.54, 1.807) is 13.0 Å². The molecule has 1 aromatic heterocycles. The van der Waals surface area contributed by atoms with Crippen LogP contribution in [-0.4, -0.2) is 25.4 Å². The summed E-state index contributed by atoms with van der Waals surface area (Å²) in [5.74, 6) is 0. The third-order valence-corrected chi connectivity index (χ3v) is 5.01. The van der Waals surface area contributed by atoms with Crippen LogP contribution in [0, 0.1) is 6.92 Å². The molecule has 0 amide bonds. The SMILES string of the molecule is CNS(=O)(=O)c1ccc(Sc2nc(C)cc(=O)[nH]2)c(N)c1. The molecule has 1 heterocycles. The van der Waals surface area contributed by atoms with E-state index in [9.17, 15) is 13.2 Å². The summed E-state index contributed by atoms with van der Waals surface area (Å²) < 4.78 is 25.6. The molecule has 0 aliphatic carbocycles. The van der Waals surface area contributed by atoms with Gasteiger partial charge in [-0.25, -0.2) is 18.1 Å². The molecule has 1 aromatic carbocycles. The van der Waals surface area contributed by atoms with Crippen LogP contribution in [0.25, 0.3) is 0 Å². The van der Waals surface area contributed by atoms with Gasteiger partial charge in [0.2, 0.25) is 10.0 Å². The zero-order valence-electron chi connectivity index (χ0n) is 11.4. The van der Waals surface area contributed by atoms with E-state index in [0.29, 0.717) is 21.4 Å². The molecule has 0 atom stereocenters. The first-order chi connectivity index (χ1) is 9.81. The highest BCUT2D eigenvalue weighted by atomic mass is 32.2. The molecule has 9 heteroatoms. The highest BCUT2D eigenvalue weighted by Gasteiger charge is 2.14. The molecule has 0 saturated heterocycles. The van der Waals surface area contributed by atoms with E-state index in [4.69, 9.17) is 5.73 Å². The smallest absolute Gasteiger partial charge is 0.251 e. The largest absolute Gasteiger partial charge is 0.398 e. The Morgan fingerprint density at radius 2 is 2.05 bits per heavy atom. The molecule has 0 fully saturated rings. The van der Waals surface area contributed by atoms with Gasteiger partial charge in [-0.2, -0.15) is 0 Å². The van der Waals surface area contributed by atoms with Crippen LogP contribution in [-0.2, 0) is 10.0 Å². The second-order valence-electron chi connectivity index (χ2n) is 4.20. The molecule has 4 N–H and O–H groups in total. The molecule has 0 spiro atoms. The number of anilines is 1. The predicted octanol–water partition coefficient (Wildman–Crippen LogP) is 0.720. The minimum Gasteiger partial charge on any atom is -0.398 e. The van der Waals surface area contributed by atoms with E-state index in [-0.39, 0.29) is 10.5 Å². The number of benzene rings is 1. The Morgan fingerprint density at radius 3 is 2.62 bits per heavy atom. The van der Waals surface area contributed by atoms with E-state index < -0.39 is 10.0 Å². The van der Waals surface area contributed by atoms with Crippen molar-refractivity contribution in [3.05, 3.63) is 40.3 Å². The van der Waals surface area contributed by atoms with Crippen LogP contribution in [0.2, 0.25) is 0 Å². The number of sulfonamides is 1. The molecule has 0 bridgehead atoms. The molecule has 2 rings (SSSR count). The number of aryl methyl sites for hydroxylation is 1. The normalized spacial score (nSPS) is 11.5. The number of hydrogen-bond donors (Lipinski definition) is 3. The number of nitrogen functional groups attached to an aromatic ring is 1. The van der Waals surface area contributed by atoms with Crippen molar-refractivity contribution < 1.29 is 8.42 Å². The standard InChI is InChI=1S/C12H14N4O3S2/c1-7-5-11(17)16-12(15-7)20-10-4-3-8(6-9(10)13)21(18,19)14-2/h3-6,14H,13H2,1-2H3,(H,15,16,17). The van der Waals surface area contributed by atoms with Gasteiger partial charge in [-0.05, 0) is 43.9 Å². The Labute approximate surface area is 126 Å². The summed E-state index contributed by atoms with van der Waals surface area (Å²) in [5.41, 5.74) is 6.50. The fourth-order valence-electron chi connectivity index (χ4n) is 1.61. The van der Waals surface area contributed by atoms with Crippen molar-refractivity contribution in [1.82, 2.24) is 14.7 Å². The average molecular weight is 326 g/mol. The molecule has 21 heavy (non-hydrogen) atoms. The molecular weight excluding hydrogens is 312 g/mol. The van der Waals surface area contributed by atoms with Gasteiger partial charge in [0.25, 0.3) is 5.56 Å². The van der Waals surface area contributed by atoms with E-state index >= 15 is 0 Å². The number of nitrogens with one attached hydrogen (secondary N) is 2. The lowest BCUT2D eigenvalue weighted by Gasteiger charge is -2.08. The van der Waals surface area contributed by atoms with Gasteiger partial charge in [-0.15, -0.1) is 0 Å². The van der Waals surface area contributed by atoms with Gasteiger partial charge < -0.3 is 10.7 Å². The van der Waals surface area contributed by atoms with Crippen molar-refractivity contribution in [1.29, 1.82) is 0 Å². The summed E-state index contributed by atoms with van der Waals surface area (Å²) in [4.78, 5) is 18.8. The second kappa shape index (κ2) is 5.88. The summed E-state index contributed by atoms with van der Waals surface area (Å²) >= 11 is 1.16. The number of rotatable bonds is 4. The van der Waals surface area contributed by atoms with Crippen LogP contribution >= 0.6 is 11.8 Å². The Bertz CT molecular complexity index is 831. The quantitative estimate of drug-likeness (QED) is 0.563. The lowest BCUT2D eigenvalue weighted by Crippen LogP contribution is -2.18. The Balaban J connectivity index is 2.36. The number of aromatic nitrogens is 2. The topological polar surface area (TPSA) is 118 Å². The maximum absolute atomic E-state index is 11.7. The van der Waals surface area contributed by atoms with E-state index in [1.165, 1.54) is 25.2 Å². The maximum Gasteiger partial charge on any atom is 0.251 e. The Hall–Kier alpha value is -1.84. The molecule has 0 radical (unpaired) electrons. The van der Waals surface area contributed by atoms with Crippen molar-refractivity contribution in [2.75, 3.05) is 12.8 Å². The van der Waals surface area contributed by atoms with Gasteiger partial charge in [-0.1, -0.05) is 0 Å². The van der Waals surface area contributed by atoms with Gasteiger partial charge in [0.15, 0.2) is 5.16 Å². The van der Waals surface area contributed by atoms with Crippen molar-refractivity contribution in [2.45, 2.75) is 21.9 Å². The maximum atomic E-state index is 11.7. The number of nitrogens with two attached hydrogens (primary N) is 1. The highest BCUT2D eigenvalue weighted by Crippen LogP contribution is 2.30. The minimum atomic E-state index is -3.54. The molecule has 7 nitrogen and oxygen atoms in total. The first-order valence-electron chi connectivity index (χ1n) is 5.91. The van der Waals surface area contributed by atoms with Gasteiger partial charge in [0.05, 0.1) is 4.90 Å². The molecule has 0 unspecified atom stereocenters. The van der Waals surface area contributed by atoms with Gasteiger partial charge in [0.1, 0.15) is 0 Å². The van der Waals surface area contributed by atoms with Crippen LogP contribution in [0.4, 0.5) is 5.69 Å². The molecule has 0 aliphatic rings. The fraction of sp³-hybridized carbons (Fsp3) is 0.167. The van der Waals surface area contributed by atoms with Gasteiger partial charge in [0, 0.05) is 22.3 Å². The molecule has 0 saturated carbocycles. The average Bonchev–Trinajstić information content (AvgIpc) is 2.40. The minimum absolute atomic E-state index is 0.0811. The van der Waals surface area contributed by atoms with Crippen molar-refractivity contribution in [2.24, 2.45) is 0 Å². The summed E-state index contributed by atoms with van der Waals surface area (Å²) in [6, 6.07) is 5.77. The first-order valence-corrected chi connectivity index (χ1v) is 8.20. The van der Waals surface area contributed by atoms with E-state index in [2.05, 4.69) is 14.7 Å². The fourth-order valence-corrected chi connectivity index (χ4v) is 3.24. The Morgan fingerprint density at radius 1 is 1.33 bits per heavy atom. The third kappa shape index (κ3) is 3.63. The molecule has 0 aliphatic heterocycles. The summed E-state index contributed by atoms with van der Waals surface area (Å²) in [7, 11) is -2.21. The number of nitrogens with zero attached hydrogens (tertiary/aromatic N) is 1. The van der Waals surface area contributed by atoms with Crippen molar-refractivity contribution in [3.8, 4) is 0 Å². The molecule has 2 aromatic rings. The van der Waals surface area contributed by atoms with E-state index in [1.807, 2.05) is 0 Å². The lowest BCUT2D eigenvalue weighted by atomic mass is 10.3. The van der Waals surface area contributed by atoms with Crippen LogP contribution in [0.15, 0.2) is 44.0 Å². The lowest BCUT2D eigenvalue weighted by molar-refractivity contribution is 0.588. The third-order valence-electron chi connectivity index (χ3n) is 2.61. The number of aromatic amines is 1. The number of H-pyrrole nitrogens is 1.